The summed E-state index contributed by atoms with van der Waals surface area (Å²) in [4.78, 5) is 4.19. The van der Waals surface area contributed by atoms with E-state index in [4.69, 9.17) is 24.5 Å². The van der Waals surface area contributed by atoms with Crippen LogP contribution in [-0.4, -0.2) is 36.6 Å². The van der Waals surface area contributed by atoms with Crippen LogP contribution in [0.5, 0.6) is 11.5 Å². The van der Waals surface area contributed by atoms with E-state index in [1.165, 1.54) is 0 Å². The molecule has 1 fully saturated rings. The monoisotopic (exact) mass is 277 g/mol. The number of nitrogens with two attached hydrogens (primary N) is 1. The molecule has 0 unspecified atom stereocenters. The second-order valence-corrected chi connectivity index (χ2v) is 4.36. The van der Waals surface area contributed by atoms with Gasteiger partial charge in [-0.1, -0.05) is 5.16 Å². The number of nitrogens with zero attached hydrogens (tertiary/aromatic N) is 2. The molecule has 106 valence electrons. The molecule has 2 heterocycles. The van der Waals surface area contributed by atoms with Gasteiger partial charge in [-0.05, 0) is 18.2 Å². The molecule has 7 nitrogen and oxygen atoms in total. The third-order valence-corrected chi connectivity index (χ3v) is 2.97. The predicted molar refractivity (Wildman–Crippen MR) is 69.4 cm³/mol. The van der Waals surface area contributed by atoms with Crippen molar-refractivity contribution in [2.45, 2.75) is 12.6 Å². The van der Waals surface area contributed by atoms with E-state index in [0.29, 0.717) is 36.4 Å². The van der Waals surface area contributed by atoms with Gasteiger partial charge >= 0.3 is 0 Å². The number of ether oxygens (including phenoxy) is 3. The van der Waals surface area contributed by atoms with Crippen LogP contribution in [0, 0.1) is 0 Å². The van der Waals surface area contributed by atoms with Gasteiger partial charge in [0.25, 0.3) is 0 Å². The highest BCUT2D eigenvalue weighted by Gasteiger charge is 2.22. The van der Waals surface area contributed by atoms with Gasteiger partial charge in [0.05, 0.1) is 26.9 Å². The van der Waals surface area contributed by atoms with E-state index in [1.54, 1.807) is 7.11 Å². The van der Waals surface area contributed by atoms with Crippen molar-refractivity contribution in [1.82, 2.24) is 10.1 Å². The molecule has 0 amide bonds. The second-order valence-electron chi connectivity index (χ2n) is 4.36. The van der Waals surface area contributed by atoms with Gasteiger partial charge in [0, 0.05) is 5.56 Å². The first-order chi connectivity index (χ1) is 9.80. The summed E-state index contributed by atoms with van der Waals surface area (Å²) < 4.78 is 21.2. The van der Waals surface area contributed by atoms with Crippen molar-refractivity contribution in [3.05, 3.63) is 24.1 Å². The molecule has 1 aromatic carbocycles. The molecule has 20 heavy (non-hydrogen) atoms. The van der Waals surface area contributed by atoms with E-state index in [2.05, 4.69) is 10.1 Å². The largest absolute Gasteiger partial charge is 0.493 e. The van der Waals surface area contributed by atoms with Crippen molar-refractivity contribution >= 4 is 0 Å². The quantitative estimate of drug-likeness (QED) is 0.870. The summed E-state index contributed by atoms with van der Waals surface area (Å²) in [6.45, 7) is 1.39. The molecule has 1 aliphatic rings. The molecular weight excluding hydrogens is 262 g/mol. The van der Waals surface area contributed by atoms with Gasteiger partial charge in [0.2, 0.25) is 11.7 Å². The molecule has 2 N–H and O–H groups in total. The molecule has 0 radical (unpaired) electrons. The van der Waals surface area contributed by atoms with Crippen molar-refractivity contribution in [1.29, 1.82) is 0 Å². The zero-order chi connectivity index (χ0) is 13.9. The van der Waals surface area contributed by atoms with Crippen LogP contribution in [0.1, 0.15) is 5.89 Å². The minimum Gasteiger partial charge on any atom is -0.493 e. The normalized spacial score (nSPS) is 14.9. The highest BCUT2D eigenvalue weighted by molar-refractivity contribution is 5.60. The molecule has 1 aromatic heterocycles. The first kappa shape index (κ1) is 12.9. The maximum Gasteiger partial charge on any atom is 0.240 e. The molecule has 0 atom stereocenters. The third kappa shape index (κ3) is 2.45. The van der Waals surface area contributed by atoms with Gasteiger partial charge in [-0.2, -0.15) is 4.98 Å². The van der Waals surface area contributed by atoms with E-state index in [9.17, 15) is 0 Å². The van der Waals surface area contributed by atoms with Crippen molar-refractivity contribution in [3.63, 3.8) is 0 Å². The van der Waals surface area contributed by atoms with Gasteiger partial charge in [-0.25, -0.2) is 0 Å². The fraction of sp³-hybridized carbons (Fsp3) is 0.385. The van der Waals surface area contributed by atoms with Crippen LogP contribution in [-0.2, 0) is 11.3 Å². The lowest BCUT2D eigenvalue weighted by molar-refractivity contribution is -0.0803. The first-order valence-corrected chi connectivity index (χ1v) is 6.25. The van der Waals surface area contributed by atoms with Crippen LogP contribution in [0.4, 0.5) is 0 Å². The van der Waals surface area contributed by atoms with E-state index < -0.39 is 0 Å². The number of aromatic nitrogens is 2. The Morgan fingerprint density at radius 1 is 1.35 bits per heavy atom. The van der Waals surface area contributed by atoms with Gasteiger partial charge in [0.15, 0.2) is 11.5 Å². The lowest BCUT2D eigenvalue weighted by Crippen LogP contribution is -2.38. The van der Waals surface area contributed by atoms with Gasteiger partial charge in [-0.15, -0.1) is 0 Å². The molecule has 3 rings (SSSR count). The molecule has 0 spiro atoms. The SMILES string of the molecule is COc1ccc(-c2noc(CN)n2)cc1OC1COC1. The van der Waals surface area contributed by atoms with Crippen molar-refractivity contribution < 1.29 is 18.7 Å². The Morgan fingerprint density at radius 2 is 2.20 bits per heavy atom. The Kier molecular flexibility index (Phi) is 3.53. The molecule has 1 saturated heterocycles. The third-order valence-electron chi connectivity index (χ3n) is 2.97. The van der Waals surface area contributed by atoms with E-state index in [1.807, 2.05) is 18.2 Å². The molecule has 0 saturated carbocycles. The molecule has 7 heteroatoms. The maximum atomic E-state index is 5.81. The van der Waals surface area contributed by atoms with Crippen molar-refractivity contribution in [2.24, 2.45) is 5.73 Å². The summed E-state index contributed by atoms with van der Waals surface area (Å²) in [7, 11) is 1.60. The van der Waals surface area contributed by atoms with Crippen LogP contribution in [0.3, 0.4) is 0 Å². The Hall–Kier alpha value is -2.12. The number of rotatable bonds is 5. The Bertz CT molecular complexity index is 595. The van der Waals surface area contributed by atoms with E-state index in [0.717, 1.165) is 5.56 Å². The van der Waals surface area contributed by atoms with E-state index in [-0.39, 0.29) is 12.6 Å². The van der Waals surface area contributed by atoms with Crippen LogP contribution in [0.15, 0.2) is 22.7 Å². The van der Waals surface area contributed by atoms with Crippen LogP contribution >= 0.6 is 0 Å². The average molecular weight is 277 g/mol. The Labute approximate surface area is 115 Å². The summed E-state index contributed by atoms with van der Waals surface area (Å²) in [5.74, 6) is 2.16. The van der Waals surface area contributed by atoms with Crippen molar-refractivity contribution in [2.75, 3.05) is 20.3 Å². The van der Waals surface area contributed by atoms with Crippen molar-refractivity contribution in [3.8, 4) is 22.9 Å². The minimum absolute atomic E-state index is 0.0593. The number of methoxy groups -OCH3 is 1. The van der Waals surface area contributed by atoms with Crippen LogP contribution < -0.4 is 15.2 Å². The second kappa shape index (κ2) is 5.48. The standard InChI is InChI=1S/C13H15N3O4/c1-17-10-3-2-8(13-15-12(5-14)20-16-13)4-11(10)19-9-6-18-7-9/h2-4,9H,5-7,14H2,1H3. The van der Waals surface area contributed by atoms with Gasteiger partial charge in [0.1, 0.15) is 6.10 Å². The lowest BCUT2D eigenvalue weighted by Gasteiger charge is -2.27. The van der Waals surface area contributed by atoms with E-state index >= 15 is 0 Å². The average Bonchev–Trinajstić information content (AvgIpc) is 2.91. The summed E-state index contributed by atoms with van der Waals surface area (Å²) >= 11 is 0. The topological polar surface area (TPSA) is 92.6 Å². The number of hydrogen-bond donors (Lipinski definition) is 1. The zero-order valence-corrected chi connectivity index (χ0v) is 11.0. The van der Waals surface area contributed by atoms with Crippen LogP contribution in [0.2, 0.25) is 0 Å². The number of hydrogen-bond acceptors (Lipinski definition) is 7. The highest BCUT2D eigenvalue weighted by atomic mass is 16.6. The molecule has 2 aromatic rings. The predicted octanol–water partition coefficient (Wildman–Crippen LogP) is 0.981. The minimum atomic E-state index is 0.0593. The zero-order valence-electron chi connectivity index (χ0n) is 11.0. The Morgan fingerprint density at radius 3 is 2.80 bits per heavy atom. The molecule has 0 aliphatic carbocycles. The summed E-state index contributed by atoms with van der Waals surface area (Å²) in [5.41, 5.74) is 6.24. The first-order valence-electron chi connectivity index (χ1n) is 6.25. The molecule has 1 aliphatic heterocycles. The maximum absolute atomic E-state index is 5.81. The highest BCUT2D eigenvalue weighted by Crippen LogP contribution is 2.33. The fourth-order valence-electron chi connectivity index (χ4n) is 1.82. The summed E-state index contributed by atoms with van der Waals surface area (Å²) in [6, 6.07) is 5.47. The summed E-state index contributed by atoms with van der Waals surface area (Å²) in [5, 5.41) is 3.88. The Balaban J connectivity index is 1.89. The fourth-order valence-corrected chi connectivity index (χ4v) is 1.82. The smallest absolute Gasteiger partial charge is 0.240 e. The molecular formula is C13H15N3O4. The molecule has 0 bridgehead atoms. The number of benzene rings is 1. The van der Waals surface area contributed by atoms with Crippen LogP contribution in [0.25, 0.3) is 11.4 Å². The lowest BCUT2D eigenvalue weighted by atomic mass is 10.2. The van der Waals surface area contributed by atoms with Gasteiger partial charge in [-0.3, -0.25) is 0 Å². The van der Waals surface area contributed by atoms with Gasteiger partial charge < -0.3 is 24.5 Å². The summed E-state index contributed by atoms with van der Waals surface area (Å²) in [6.07, 6.45) is 0.0593.